The summed E-state index contributed by atoms with van der Waals surface area (Å²) in [7, 11) is 0. The standard InChI is InChI=1S/C11H9BrN2O.C7H8O.C4H2BrClN2/c12-10-6-13-11(14-7-10)15-8-9-4-2-1-3-5-9;8-6-7-4-2-1-3-5-7;5-3-1-7-4(6)8-2-3/h1-7H,8H2;1-5,8H,6H2;1-2H. The molecule has 0 fully saturated rings. The molecule has 4 aromatic rings. The number of aliphatic hydroxyl groups is 1. The first kappa shape index (κ1) is 24.9. The highest BCUT2D eigenvalue weighted by Gasteiger charge is 1.97. The lowest BCUT2D eigenvalue weighted by atomic mass is 10.2. The van der Waals surface area contributed by atoms with Crippen LogP contribution >= 0.6 is 43.5 Å². The van der Waals surface area contributed by atoms with Gasteiger partial charge in [-0.05, 0) is 54.6 Å². The van der Waals surface area contributed by atoms with Crippen LogP contribution in [0.5, 0.6) is 6.01 Å². The van der Waals surface area contributed by atoms with Crippen molar-refractivity contribution in [1.82, 2.24) is 19.9 Å². The van der Waals surface area contributed by atoms with Gasteiger partial charge in [-0.25, -0.2) is 19.9 Å². The highest BCUT2D eigenvalue weighted by molar-refractivity contribution is 9.10. The molecule has 0 radical (unpaired) electrons. The van der Waals surface area contributed by atoms with E-state index in [1.54, 1.807) is 24.8 Å². The summed E-state index contributed by atoms with van der Waals surface area (Å²) in [6, 6.07) is 19.8. The van der Waals surface area contributed by atoms with E-state index in [1.807, 2.05) is 60.7 Å². The predicted octanol–water partition coefficient (Wildman–Crippen LogP) is 5.89. The van der Waals surface area contributed by atoms with Crippen LogP contribution in [0.3, 0.4) is 0 Å². The van der Waals surface area contributed by atoms with E-state index in [1.165, 1.54) is 0 Å². The zero-order valence-electron chi connectivity index (χ0n) is 16.3. The summed E-state index contributed by atoms with van der Waals surface area (Å²) in [6.45, 7) is 0.628. The Labute approximate surface area is 202 Å². The molecular weight excluding hydrogens is 548 g/mol. The van der Waals surface area contributed by atoms with Crippen LogP contribution in [-0.4, -0.2) is 25.0 Å². The van der Waals surface area contributed by atoms with Crippen LogP contribution < -0.4 is 4.74 Å². The van der Waals surface area contributed by atoms with Gasteiger partial charge in [0.05, 0.1) is 15.6 Å². The molecule has 0 atom stereocenters. The third-order valence-corrected chi connectivity index (χ3v) is 4.44. The molecule has 0 saturated heterocycles. The van der Waals surface area contributed by atoms with Gasteiger partial charge >= 0.3 is 6.01 Å². The summed E-state index contributed by atoms with van der Waals surface area (Å²) >= 11 is 11.8. The van der Waals surface area contributed by atoms with Gasteiger partial charge in [0.1, 0.15) is 6.61 Å². The van der Waals surface area contributed by atoms with Crippen molar-refractivity contribution in [2.45, 2.75) is 13.2 Å². The van der Waals surface area contributed by atoms with Gasteiger partial charge in [-0.15, -0.1) is 0 Å². The first-order valence-electron chi connectivity index (χ1n) is 8.99. The fourth-order valence-corrected chi connectivity index (χ4v) is 2.48. The van der Waals surface area contributed by atoms with E-state index in [4.69, 9.17) is 21.4 Å². The van der Waals surface area contributed by atoms with Crippen molar-refractivity contribution in [1.29, 1.82) is 0 Å². The summed E-state index contributed by atoms with van der Waals surface area (Å²) in [4.78, 5) is 15.4. The average molecular weight is 567 g/mol. The fourth-order valence-electron chi connectivity index (χ4n) is 1.98. The second-order valence-corrected chi connectivity index (χ2v) is 7.94. The summed E-state index contributed by atoms with van der Waals surface area (Å²) < 4.78 is 7.08. The van der Waals surface area contributed by atoms with Gasteiger partial charge in [-0.2, -0.15) is 0 Å². The van der Waals surface area contributed by atoms with Crippen LogP contribution in [0.1, 0.15) is 11.1 Å². The minimum atomic E-state index is 0.140. The molecule has 31 heavy (non-hydrogen) atoms. The van der Waals surface area contributed by atoms with Crippen molar-refractivity contribution < 1.29 is 9.84 Å². The zero-order chi connectivity index (χ0) is 22.3. The molecule has 0 unspecified atom stereocenters. The van der Waals surface area contributed by atoms with Crippen molar-refractivity contribution in [3.8, 4) is 6.01 Å². The number of nitrogens with zero attached hydrogens (tertiary/aromatic N) is 4. The summed E-state index contributed by atoms with van der Waals surface area (Å²) in [6.07, 6.45) is 6.51. The van der Waals surface area contributed by atoms with Crippen LogP contribution in [0.4, 0.5) is 0 Å². The second-order valence-electron chi connectivity index (χ2n) is 5.77. The maximum atomic E-state index is 8.54. The Balaban J connectivity index is 0.000000181. The minimum Gasteiger partial charge on any atom is -0.459 e. The van der Waals surface area contributed by atoms with E-state index in [2.05, 4.69) is 51.8 Å². The molecule has 0 spiro atoms. The van der Waals surface area contributed by atoms with Crippen LogP contribution in [0.25, 0.3) is 0 Å². The molecule has 2 aromatic carbocycles. The second kappa shape index (κ2) is 14.6. The van der Waals surface area contributed by atoms with Gasteiger partial charge in [0, 0.05) is 24.8 Å². The molecule has 0 aliphatic rings. The lowest BCUT2D eigenvalue weighted by Crippen LogP contribution is -1.98. The van der Waals surface area contributed by atoms with Gasteiger partial charge in [0.15, 0.2) is 0 Å². The summed E-state index contributed by atoms with van der Waals surface area (Å²) in [5.74, 6) is 0. The number of aromatic nitrogens is 4. The molecule has 2 aromatic heterocycles. The molecule has 9 heteroatoms. The molecule has 0 aliphatic heterocycles. The number of halogens is 3. The smallest absolute Gasteiger partial charge is 0.316 e. The molecule has 0 aliphatic carbocycles. The third-order valence-electron chi connectivity index (χ3n) is 3.42. The SMILES string of the molecule is Brc1cnc(OCc2ccccc2)nc1.Clc1ncc(Br)cn1.OCc1ccccc1. The number of hydrogen-bond acceptors (Lipinski definition) is 6. The number of aliphatic hydroxyl groups excluding tert-OH is 1. The van der Waals surface area contributed by atoms with Crippen molar-refractivity contribution in [2.75, 3.05) is 0 Å². The molecule has 2 heterocycles. The Bertz CT molecular complexity index is 972. The first-order chi connectivity index (χ1) is 15.1. The molecule has 0 amide bonds. The maximum absolute atomic E-state index is 8.54. The fraction of sp³-hybridized carbons (Fsp3) is 0.0909. The van der Waals surface area contributed by atoms with Gasteiger partial charge in [-0.1, -0.05) is 60.7 Å². The number of rotatable bonds is 4. The number of benzene rings is 2. The monoisotopic (exact) mass is 564 g/mol. The molecular formula is C22H19Br2ClN4O2. The first-order valence-corrected chi connectivity index (χ1v) is 11.0. The Morgan fingerprint density at radius 1 is 0.710 bits per heavy atom. The Kier molecular flexibility index (Phi) is 11.7. The van der Waals surface area contributed by atoms with E-state index in [9.17, 15) is 0 Å². The Morgan fingerprint density at radius 3 is 1.58 bits per heavy atom. The summed E-state index contributed by atoms with van der Waals surface area (Å²) in [5, 5.41) is 8.81. The average Bonchev–Trinajstić information content (AvgIpc) is 2.83. The van der Waals surface area contributed by atoms with E-state index < -0.39 is 0 Å². The van der Waals surface area contributed by atoms with Crippen LogP contribution in [-0.2, 0) is 13.2 Å². The van der Waals surface area contributed by atoms with Crippen LogP contribution in [0, 0.1) is 0 Å². The van der Waals surface area contributed by atoms with Gasteiger partial charge in [0.25, 0.3) is 0 Å². The molecule has 160 valence electrons. The maximum Gasteiger partial charge on any atom is 0.316 e. The molecule has 1 N–H and O–H groups in total. The van der Waals surface area contributed by atoms with Crippen molar-refractivity contribution >= 4 is 43.5 Å². The molecule has 0 bridgehead atoms. The Morgan fingerprint density at radius 2 is 1.16 bits per heavy atom. The highest BCUT2D eigenvalue weighted by atomic mass is 79.9. The largest absolute Gasteiger partial charge is 0.459 e. The molecule has 0 saturated carbocycles. The molecule has 4 rings (SSSR count). The topological polar surface area (TPSA) is 81.0 Å². The highest BCUT2D eigenvalue weighted by Crippen LogP contribution is 2.10. The number of hydrogen-bond donors (Lipinski definition) is 1. The summed E-state index contributed by atoms with van der Waals surface area (Å²) in [5.41, 5.74) is 2.07. The van der Waals surface area contributed by atoms with Crippen LogP contribution in [0.15, 0.2) is 94.4 Å². The number of ether oxygens (including phenoxy) is 1. The lowest BCUT2D eigenvalue weighted by molar-refractivity contribution is 0.280. The van der Waals surface area contributed by atoms with E-state index in [0.29, 0.717) is 12.6 Å². The Hall–Kier alpha value is -2.39. The van der Waals surface area contributed by atoms with E-state index in [0.717, 1.165) is 20.1 Å². The van der Waals surface area contributed by atoms with Crippen LogP contribution in [0.2, 0.25) is 5.28 Å². The normalized spacial score (nSPS) is 9.55. The van der Waals surface area contributed by atoms with Crippen molar-refractivity contribution in [3.05, 3.63) is 111 Å². The van der Waals surface area contributed by atoms with Crippen molar-refractivity contribution in [2.24, 2.45) is 0 Å². The lowest BCUT2D eigenvalue weighted by Gasteiger charge is -2.03. The quantitative estimate of drug-likeness (QED) is 0.310. The third kappa shape index (κ3) is 11.0. The zero-order valence-corrected chi connectivity index (χ0v) is 20.2. The van der Waals surface area contributed by atoms with Crippen molar-refractivity contribution in [3.63, 3.8) is 0 Å². The molecule has 6 nitrogen and oxygen atoms in total. The van der Waals surface area contributed by atoms with E-state index >= 15 is 0 Å². The van der Waals surface area contributed by atoms with E-state index in [-0.39, 0.29) is 11.9 Å². The van der Waals surface area contributed by atoms with Gasteiger partial charge in [-0.3, -0.25) is 0 Å². The predicted molar refractivity (Wildman–Crippen MR) is 128 cm³/mol. The van der Waals surface area contributed by atoms with Gasteiger partial charge < -0.3 is 9.84 Å². The minimum absolute atomic E-state index is 0.140. The van der Waals surface area contributed by atoms with Gasteiger partial charge in [0.2, 0.25) is 5.28 Å².